The first-order valence-corrected chi connectivity index (χ1v) is 7.82. The number of unbranched alkanes of at least 4 members (excludes halogenated alkanes) is 1. The van der Waals surface area contributed by atoms with Crippen LogP contribution in [0.4, 0.5) is 10.2 Å². The fourth-order valence-electron chi connectivity index (χ4n) is 2.83. The lowest BCUT2D eigenvalue weighted by Crippen LogP contribution is -2.33. The molecule has 122 valence electrons. The Hall–Kier alpha value is -2.44. The van der Waals surface area contributed by atoms with Crippen LogP contribution in [0.25, 0.3) is 10.9 Å². The summed E-state index contributed by atoms with van der Waals surface area (Å²) >= 11 is 0. The van der Waals surface area contributed by atoms with Gasteiger partial charge in [-0.2, -0.15) is 5.10 Å². The van der Waals surface area contributed by atoms with E-state index in [0.717, 1.165) is 12.8 Å². The van der Waals surface area contributed by atoms with Crippen molar-refractivity contribution in [2.75, 3.05) is 18.0 Å². The number of nitrogens with zero attached hydrogens (tertiary/aromatic N) is 2. The van der Waals surface area contributed by atoms with Gasteiger partial charge in [0.2, 0.25) is 11.8 Å². The summed E-state index contributed by atoms with van der Waals surface area (Å²) in [6, 6.07) is 4.61. The van der Waals surface area contributed by atoms with Gasteiger partial charge in [0.1, 0.15) is 5.82 Å². The highest BCUT2D eigenvalue weighted by molar-refractivity contribution is 6.05. The maximum Gasteiger partial charge on any atom is 0.229 e. The molecule has 1 aromatic carbocycles. The van der Waals surface area contributed by atoms with Crippen LogP contribution in [0, 0.1) is 11.7 Å². The highest BCUT2D eigenvalue weighted by atomic mass is 19.1. The number of nitrogens with one attached hydrogen (secondary N) is 2. The summed E-state index contributed by atoms with van der Waals surface area (Å²) in [5.41, 5.74) is 0.531. The quantitative estimate of drug-likeness (QED) is 0.827. The number of benzene rings is 1. The van der Waals surface area contributed by atoms with E-state index in [1.54, 1.807) is 12.1 Å². The number of H-pyrrole nitrogens is 1. The Morgan fingerprint density at radius 1 is 1.52 bits per heavy atom. The van der Waals surface area contributed by atoms with Crippen molar-refractivity contribution < 1.29 is 14.0 Å². The van der Waals surface area contributed by atoms with Crippen molar-refractivity contribution in [1.82, 2.24) is 15.5 Å². The van der Waals surface area contributed by atoms with Gasteiger partial charge in [-0.05, 0) is 18.6 Å². The van der Waals surface area contributed by atoms with Gasteiger partial charge in [-0.15, -0.1) is 0 Å². The Balaban J connectivity index is 1.78. The van der Waals surface area contributed by atoms with Gasteiger partial charge >= 0.3 is 0 Å². The summed E-state index contributed by atoms with van der Waals surface area (Å²) in [5.74, 6) is -0.938. The van der Waals surface area contributed by atoms with Crippen molar-refractivity contribution in [3.63, 3.8) is 0 Å². The number of hydrogen-bond acceptors (Lipinski definition) is 3. The number of hydrogen-bond donors (Lipinski definition) is 2. The number of amides is 2. The molecule has 2 aromatic rings. The minimum absolute atomic E-state index is 0.126. The van der Waals surface area contributed by atoms with Gasteiger partial charge in [0.25, 0.3) is 0 Å². The smallest absolute Gasteiger partial charge is 0.229 e. The zero-order valence-corrected chi connectivity index (χ0v) is 12.9. The predicted molar refractivity (Wildman–Crippen MR) is 84.4 cm³/mol. The van der Waals surface area contributed by atoms with Gasteiger partial charge < -0.3 is 5.32 Å². The third-order valence-electron chi connectivity index (χ3n) is 4.10. The molecule has 23 heavy (non-hydrogen) atoms. The highest BCUT2D eigenvalue weighted by Gasteiger charge is 2.37. The molecule has 7 heteroatoms. The molecule has 0 saturated carbocycles. The fraction of sp³-hybridized carbons (Fsp3) is 0.438. The number of rotatable bonds is 5. The molecule has 1 fully saturated rings. The number of halogens is 1. The first kappa shape index (κ1) is 15.5. The Bertz CT molecular complexity index is 743. The van der Waals surface area contributed by atoms with E-state index in [4.69, 9.17) is 0 Å². The number of aromatic nitrogens is 2. The van der Waals surface area contributed by atoms with Gasteiger partial charge in [-0.3, -0.25) is 19.6 Å². The van der Waals surface area contributed by atoms with Crippen LogP contribution in [0.2, 0.25) is 0 Å². The maximum atomic E-state index is 14.0. The normalized spacial score (nSPS) is 17.9. The van der Waals surface area contributed by atoms with E-state index >= 15 is 0 Å². The number of anilines is 1. The zero-order valence-electron chi connectivity index (χ0n) is 12.9. The summed E-state index contributed by atoms with van der Waals surface area (Å²) < 4.78 is 14.0. The molecule has 2 N–H and O–H groups in total. The van der Waals surface area contributed by atoms with E-state index < -0.39 is 11.7 Å². The Morgan fingerprint density at radius 3 is 3.13 bits per heavy atom. The molecule has 2 amide bonds. The first-order chi connectivity index (χ1) is 11.1. The maximum absolute atomic E-state index is 14.0. The second-order valence-electron chi connectivity index (χ2n) is 5.76. The fourth-order valence-corrected chi connectivity index (χ4v) is 2.83. The zero-order chi connectivity index (χ0) is 16.4. The van der Waals surface area contributed by atoms with Crippen LogP contribution in [0.5, 0.6) is 0 Å². The molecule has 1 aromatic heterocycles. The van der Waals surface area contributed by atoms with Crippen LogP contribution in [0.3, 0.4) is 0 Å². The Labute approximate surface area is 133 Å². The van der Waals surface area contributed by atoms with Crippen molar-refractivity contribution in [1.29, 1.82) is 0 Å². The largest absolute Gasteiger partial charge is 0.356 e. The van der Waals surface area contributed by atoms with Crippen molar-refractivity contribution in [2.45, 2.75) is 26.2 Å². The highest BCUT2D eigenvalue weighted by Crippen LogP contribution is 2.31. The summed E-state index contributed by atoms with van der Waals surface area (Å²) in [7, 11) is 0. The van der Waals surface area contributed by atoms with Crippen LogP contribution >= 0.6 is 0 Å². The third-order valence-corrected chi connectivity index (χ3v) is 4.10. The van der Waals surface area contributed by atoms with Gasteiger partial charge in [-0.25, -0.2) is 4.39 Å². The van der Waals surface area contributed by atoms with Gasteiger partial charge in [-0.1, -0.05) is 19.4 Å². The van der Waals surface area contributed by atoms with E-state index in [-0.39, 0.29) is 36.0 Å². The molecule has 0 aliphatic carbocycles. The summed E-state index contributed by atoms with van der Waals surface area (Å²) in [4.78, 5) is 25.8. The standard InChI is InChI=1S/C16H19FN4O2/c1-2-3-7-18-16(23)10-8-13(22)21(9-10)15-14-11(17)5-4-6-12(14)19-20-15/h4-6,10H,2-3,7-9H2,1H3,(H,18,23)(H,19,20)/t10-/m0/s1. The van der Waals surface area contributed by atoms with Crippen molar-refractivity contribution in [3.05, 3.63) is 24.0 Å². The third kappa shape index (κ3) is 2.91. The van der Waals surface area contributed by atoms with Crippen LogP contribution in [0.15, 0.2) is 18.2 Å². The minimum atomic E-state index is -0.435. The SMILES string of the molecule is CCCCNC(=O)[C@H]1CC(=O)N(c2n[nH]c3cccc(F)c23)C1. The average Bonchev–Trinajstić information content (AvgIpc) is 3.11. The Morgan fingerprint density at radius 2 is 2.35 bits per heavy atom. The van der Waals surface area contributed by atoms with Crippen LogP contribution < -0.4 is 10.2 Å². The van der Waals surface area contributed by atoms with Crippen LogP contribution in [0.1, 0.15) is 26.2 Å². The molecular formula is C16H19FN4O2. The molecule has 1 aliphatic heterocycles. The average molecular weight is 318 g/mol. The van der Waals surface area contributed by atoms with Crippen LogP contribution in [-0.2, 0) is 9.59 Å². The molecule has 0 radical (unpaired) electrons. The van der Waals surface area contributed by atoms with Crippen LogP contribution in [-0.4, -0.2) is 35.1 Å². The predicted octanol–water partition coefficient (Wildman–Crippen LogP) is 1.97. The molecule has 1 saturated heterocycles. The van der Waals surface area contributed by atoms with Crippen molar-refractivity contribution in [2.24, 2.45) is 5.92 Å². The van der Waals surface area contributed by atoms with Crippen molar-refractivity contribution >= 4 is 28.5 Å². The lowest BCUT2D eigenvalue weighted by Gasteiger charge is -2.14. The second kappa shape index (κ2) is 6.36. The Kier molecular flexibility index (Phi) is 4.27. The number of fused-ring (bicyclic) bond motifs is 1. The molecule has 6 nitrogen and oxygen atoms in total. The monoisotopic (exact) mass is 318 g/mol. The molecule has 1 atom stereocenters. The molecule has 0 unspecified atom stereocenters. The van der Waals surface area contributed by atoms with E-state index in [1.807, 2.05) is 6.92 Å². The summed E-state index contributed by atoms with van der Waals surface area (Å²) in [6.45, 7) is 2.88. The van der Waals surface area contributed by atoms with E-state index in [9.17, 15) is 14.0 Å². The molecule has 2 heterocycles. The van der Waals surface area contributed by atoms with Gasteiger partial charge in [0.05, 0.1) is 16.8 Å². The topological polar surface area (TPSA) is 78.1 Å². The molecule has 1 aliphatic rings. The van der Waals surface area contributed by atoms with E-state index in [1.165, 1.54) is 11.0 Å². The van der Waals surface area contributed by atoms with E-state index in [2.05, 4.69) is 15.5 Å². The molecule has 3 rings (SSSR count). The molecule has 0 bridgehead atoms. The first-order valence-electron chi connectivity index (χ1n) is 7.82. The lowest BCUT2D eigenvalue weighted by atomic mass is 10.1. The molecule has 0 spiro atoms. The van der Waals surface area contributed by atoms with Gasteiger partial charge in [0.15, 0.2) is 5.82 Å². The second-order valence-corrected chi connectivity index (χ2v) is 5.76. The summed E-state index contributed by atoms with van der Waals surface area (Å²) in [6.07, 6.45) is 2.03. The number of carbonyl (C=O) groups is 2. The number of aromatic amines is 1. The van der Waals surface area contributed by atoms with Crippen molar-refractivity contribution in [3.8, 4) is 0 Å². The lowest BCUT2D eigenvalue weighted by molar-refractivity contribution is -0.126. The van der Waals surface area contributed by atoms with Gasteiger partial charge in [0, 0.05) is 19.5 Å². The van der Waals surface area contributed by atoms with E-state index in [0.29, 0.717) is 12.1 Å². The molecular weight excluding hydrogens is 299 g/mol. The summed E-state index contributed by atoms with van der Waals surface area (Å²) in [5, 5.41) is 9.92. The number of carbonyl (C=O) groups excluding carboxylic acids is 2. The minimum Gasteiger partial charge on any atom is -0.356 e.